The van der Waals surface area contributed by atoms with Crippen LogP contribution in [-0.2, 0) is 0 Å². The Kier molecular flexibility index (Phi) is 5.23. The minimum Gasteiger partial charge on any atom is -0.377 e. The average Bonchev–Trinajstić information content (AvgIpc) is 3.20. The van der Waals surface area contributed by atoms with Crippen LogP contribution in [0.3, 0.4) is 0 Å². The van der Waals surface area contributed by atoms with Gasteiger partial charge in [-0.1, -0.05) is 12.8 Å². The Morgan fingerprint density at radius 3 is 2.54 bits per heavy atom. The molecule has 2 aliphatic rings. The molecule has 0 aromatic heterocycles. The number of carbonyl (C=O) groups is 1. The van der Waals surface area contributed by atoms with Crippen molar-refractivity contribution in [2.45, 2.75) is 62.4 Å². The number of halogens is 1. The quantitative estimate of drug-likeness (QED) is 0.479. The number of anilines is 1. The minimum atomic E-state index is -0.437. The van der Waals surface area contributed by atoms with E-state index in [1.54, 1.807) is 12.1 Å². The summed E-state index contributed by atoms with van der Waals surface area (Å²) >= 11 is 6.18. The number of nitrogens with one attached hydrogen (secondary N) is 2. The number of hydrogen-bond acceptors (Lipinski definition) is 4. The summed E-state index contributed by atoms with van der Waals surface area (Å²) in [5.41, 5.74) is 0.734. The zero-order chi connectivity index (χ0) is 17.1. The molecule has 0 spiro atoms. The Balaban J connectivity index is 1.75. The highest BCUT2D eigenvalue weighted by Gasteiger charge is 2.28. The van der Waals surface area contributed by atoms with Gasteiger partial charge in [-0.05, 0) is 44.2 Å². The molecule has 130 valence electrons. The van der Waals surface area contributed by atoms with Gasteiger partial charge in [0.05, 0.1) is 10.3 Å². The highest BCUT2D eigenvalue weighted by molar-refractivity contribution is 6.21. The van der Waals surface area contributed by atoms with Gasteiger partial charge in [0, 0.05) is 23.7 Å². The molecule has 2 aliphatic carbocycles. The fraction of sp³-hybridized carbons (Fsp3) is 0.588. The van der Waals surface area contributed by atoms with Crippen LogP contribution < -0.4 is 10.6 Å². The molecule has 7 heteroatoms. The van der Waals surface area contributed by atoms with Gasteiger partial charge in [-0.15, -0.1) is 11.6 Å². The van der Waals surface area contributed by atoms with E-state index in [-0.39, 0.29) is 29.1 Å². The highest BCUT2D eigenvalue weighted by Crippen LogP contribution is 2.30. The highest BCUT2D eigenvalue weighted by atomic mass is 35.5. The first-order valence-corrected chi connectivity index (χ1v) is 8.98. The third kappa shape index (κ3) is 3.80. The van der Waals surface area contributed by atoms with E-state index >= 15 is 0 Å². The van der Waals surface area contributed by atoms with E-state index in [1.807, 2.05) is 0 Å². The van der Waals surface area contributed by atoms with Gasteiger partial charge < -0.3 is 10.6 Å². The zero-order valence-electron chi connectivity index (χ0n) is 13.5. The van der Waals surface area contributed by atoms with Crippen LogP contribution in [0.15, 0.2) is 18.2 Å². The number of benzene rings is 1. The molecular weight excluding hydrogens is 330 g/mol. The number of amides is 1. The lowest BCUT2D eigenvalue weighted by atomic mass is 10.1. The van der Waals surface area contributed by atoms with Gasteiger partial charge in [-0.25, -0.2) is 0 Å². The number of hydrogen-bond donors (Lipinski definition) is 2. The molecule has 1 amide bonds. The van der Waals surface area contributed by atoms with E-state index in [0.29, 0.717) is 11.3 Å². The van der Waals surface area contributed by atoms with E-state index in [0.717, 1.165) is 44.9 Å². The topological polar surface area (TPSA) is 84.3 Å². The number of alkyl halides is 1. The molecule has 0 aliphatic heterocycles. The molecule has 0 heterocycles. The lowest BCUT2D eigenvalue weighted by Crippen LogP contribution is -2.37. The van der Waals surface area contributed by atoms with E-state index in [9.17, 15) is 14.9 Å². The minimum absolute atomic E-state index is 0.0524. The number of nitro benzene ring substituents is 1. The second kappa shape index (κ2) is 7.38. The van der Waals surface area contributed by atoms with Gasteiger partial charge in [-0.2, -0.15) is 0 Å². The molecule has 2 saturated carbocycles. The Morgan fingerprint density at radius 2 is 1.92 bits per heavy atom. The van der Waals surface area contributed by atoms with Crippen LogP contribution in [0.25, 0.3) is 0 Å². The number of nitro groups is 1. The van der Waals surface area contributed by atoms with Crippen molar-refractivity contribution in [3.63, 3.8) is 0 Å². The van der Waals surface area contributed by atoms with E-state index in [1.165, 1.54) is 6.07 Å². The number of nitrogens with zero attached hydrogens (tertiary/aromatic N) is 1. The summed E-state index contributed by atoms with van der Waals surface area (Å²) in [4.78, 5) is 23.3. The third-order valence-corrected chi connectivity index (χ3v) is 5.44. The maximum Gasteiger partial charge on any atom is 0.293 e. The Bertz CT molecular complexity index is 632. The van der Waals surface area contributed by atoms with Crippen molar-refractivity contribution in [1.29, 1.82) is 0 Å². The fourth-order valence-corrected chi connectivity index (χ4v) is 3.91. The van der Waals surface area contributed by atoms with Gasteiger partial charge >= 0.3 is 0 Å². The van der Waals surface area contributed by atoms with Gasteiger partial charge in [0.15, 0.2) is 0 Å². The summed E-state index contributed by atoms with van der Waals surface area (Å²) in [5.74, 6) is -0.303. The largest absolute Gasteiger partial charge is 0.377 e. The average molecular weight is 352 g/mol. The molecular formula is C17H22ClN3O3. The molecule has 24 heavy (non-hydrogen) atoms. The van der Waals surface area contributed by atoms with Crippen molar-refractivity contribution in [3.05, 3.63) is 33.9 Å². The normalized spacial score (nSPS) is 24.0. The Morgan fingerprint density at radius 1 is 1.17 bits per heavy atom. The van der Waals surface area contributed by atoms with Gasteiger partial charge in [0.2, 0.25) is 0 Å². The summed E-state index contributed by atoms with van der Waals surface area (Å²) in [5, 5.41) is 17.4. The number of rotatable bonds is 5. The Hall–Kier alpha value is -1.82. The van der Waals surface area contributed by atoms with Crippen molar-refractivity contribution < 1.29 is 9.72 Å². The van der Waals surface area contributed by atoms with Crippen molar-refractivity contribution in [2.75, 3.05) is 5.32 Å². The fourth-order valence-electron chi connectivity index (χ4n) is 3.57. The molecule has 0 bridgehead atoms. The Labute approximate surface area is 146 Å². The summed E-state index contributed by atoms with van der Waals surface area (Å²) < 4.78 is 0. The van der Waals surface area contributed by atoms with Crippen LogP contribution in [0.5, 0.6) is 0 Å². The zero-order valence-corrected chi connectivity index (χ0v) is 14.2. The van der Waals surface area contributed by atoms with Crippen molar-refractivity contribution in [2.24, 2.45) is 0 Å². The summed E-state index contributed by atoms with van der Waals surface area (Å²) in [6, 6.07) is 4.84. The van der Waals surface area contributed by atoms with Crippen LogP contribution in [0, 0.1) is 10.1 Å². The van der Waals surface area contributed by atoms with Crippen molar-refractivity contribution >= 4 is 28.9 Å². The molecule has 3 rings (SSSR count). The van der Waals surface area contributed by atoms with E-state index in [2.05, 4.69) is 10.6 Å². The third-order valence-electron chi connectivity index (χ3n) is 4.92. The van der Waals surface area contributed by atoms with E-state index in [4.69, 9.17) is 11.6 Å². The van der Waals surface area contributed by atoms with Gasteiger partial charge in [0.1, 0.15) is 5.69 Å². The van der Waals surface area contributed by atoms with Crippen LogP contribution >= 0.6 is 11.6 Å². The van der Waals surface area contributed by atoms with Crippen LogP contribution in [-0.4, -0.2) is 28.3 Å². The standard InChI is InChI=1S/C17H22ClN3O3/c18-13-6-3-7-14(13)20-17(22)11-8-9-15(16(10-11)21(23)24)19-12-4-1-2-5-12/h8-10,12-14,19H,1-7H2,(H,20,22). The molecule has 0 radical (unpaired) electrons. The molecule has 2 fully saturated rings. The maximum atomic E-state index is 12.4. The van der Waals surface area contributed by atoms with Gasteiger partial charge in [-0.3, -0.25) is 14.9 Å². The first kappa shape index (κ1) is 17.0. The second-order valence-corrected chi connectivity index (χ2v) is 7.20. The molecule has 0 saturated heterocycles. The number of carbonyl (C=O) groups excluding carboxylic acids is 1. The van der Waals surface area contributed by atoms with Crippen molar-refractivity contribution in [1.82, 2.24) is 5.32 Å². The van der Waals surface area contributed by atoms with Gasteiger partial charge in [0.25, 0.3) is 11.6 Å². The SMILES string of the molecule is O=C(NC1CCCC1Cl)c1ccc(NC2CCCC2)c([N+](=O)[O-])c1. The molecule has 2 atom stereocenters. The van der Waals surface area contributed by atoms with E-state index < -0.39 is 4.92 Å². The first-order chi connectivity index (χ1) is 11.5. The smallest absolute Gasteiger partial charge is 0.293 e. The lowest BCUT2D eigenvalue weighted by Gasteiger charge is -2.17. The first-order valence-electron chi connectivity index (χ1n) is 8.54. The molecule has 2 unspecified atom stereocenters. The predicted octanol–water partition coefficient (Wildman–Crippen LogP) is 3.84. The predicted molar refractivity (Wildman–Crippen MR) is 93.7 cm³/mol. The molecule has 1 aromatic rings. The summed E-state index contributed by atoms with van der Waals surface area (Å²) in [6.45, 7) is 0. The second-order valence-electron chi connectivity index (χ2n) is 6.64. The molecule has 6 nitrogen and oxygen atoms in total. The van der Waals surface area contributed by atoms with Crippen LogP contribution in [0.1, 0.15) is 55.3 Å². The molecule has 1 aromatic carbocycles. The van der Waals surface area contributed by atoms with Crippen LogP contribution in [0.2, 0.25) is 0 Å². The summed E-state index contributed by atoms with van der Waals surface area (Å²) in [7, 11) is 0. The lowest BCUT2D eigenvalue weighted by molar-refractivity contribution is -0.384. The van der Waals surface area contributed by atoms with Crippen LogP contribution in [0.4, 0.5) is 11.4 Å². The van der Waals surface area contributed by atoms with Crippen molar-refractivity contribution in [3.8, 4) is 0 Å². The molecule has 2 N–H and O–H groups in total. The maximum absolute atomic E-state index is 12.4. The summed E-state index contributed by atoms with van der Waals surface area (Å²) in [6.07, 6.45) is 7.07. The monoisotopic (exact) mass is 351 g/mol.